The van der Waals surface area contributed by atoms with Crippen LogP contribution in [0.3, 0.4) is 0 Å². The first kappa shape index (κ1) is 20.6. The number of aliphatic imine (C=N–C) groups is 1. The number of benzene rings is 2. The molecule has 1 saturated heterocycles. The average molecular weight is 403 g/mol. The number of guanidine groups is 1. The van der Waals surface area contributed by atoms with Crippen molar-refractivity contribution in [3.05, 3.63) is 48.0 Å². The number of piperidine rings is 1. The van der Waals surface area contributed by atoms with Crippen molar-refractivity contribution in [2.24, 2.45) is 4.99 Å². The summed E-state index contributed by atoms with van der Waals surface area (Å²) in [5, 5.41) is 9.24. The van der Waals surface area contributed by atoms with Crippen LogP contribution in [0.5, 0.6) is 0 Å². The standard InChI is InChI=1S/C21H30N4O2S/c1-3-22-21(24-19-12-14-25(15-13-19)28(26,27)4-2)23-16-18-10-7-9-17-8-5-6-11-20(17)18/h5-11,19H,3-4,12-16H2,1-2H3,(H2,22,23,24). The van der Waals surface area contributed by atoms with E-state index in [4.69, 9.17) is 4.99 Å². The first-order valence-corrected chi connectivity index (χ1v) is 11.6. The van der Waals surface area contributed by atoms with Crippen LogP contribution < -0.4 is 10.6 Å². The molecular weight excluding hydrogens is 372 g/mol. The van der Waals surface area contributed by atoms with Crippen LogP contribution in [0.4, 0.5) is 0 Å². The van der Waals surface area contributed by atoms with Gasteiger partial charge < -0.3 is 10.6 Å². The van der Waals surface area contributed by atoms with Gasteiger partial charge in [0.15, 0.2) is 5.96 Å². The summed E-state index contributed by atoms with van der Waals surface area (Å²) >= 11 is 0. The lowest BCUT2D eigenvalue weighted by atomic mass is 10.0. The van der Waals surface area contributed by atoms with Gasteiger partial charge in [-0.1, -0.05) is 42.5 Å². The lowest BCUT2D eigenvalue weighted by Gasteiger charge is -2.32. The molecule has 1 fully saturated rings. The highest BCUT2D eigenvalue weighted by Crippen LogP contribution is 2.19. The van der Waals surface area contributed by atoms with Gasteiger partial charge in [0.1, 0.15) is 0 Å². The van der Waals surface area contributed by atoms with Gasteiger partial charge >= 0.3 is 0 Å². The molecule has 0 aromatic heterocycles. The Bertz CT molecular complexity index is 914. The van der Waals surface area contributed by atoms with Crippen LogP contribution in [0.15, 0.2) is 47.5 Å². The first-order valence-electron chi connectivity index (χ1n) is 10.0. The molecule has 0 bridgehead atoms. The largest absolute Gasteiger partial charge is 0.357 e. The van der Waals surface area contributed by atoms with E-state index in [1.807, 2.05) is 13.0 Å². The number of hydrogen-bond acceptors (Lipinski definition) is 3. The van der Waals surface area contributed by atoms with E-state index >= 15 is 0 Å². The van der Waals surface area contributed by atoms with Crippen LogP contribution in [0.25, 0.3) is 10.8 Å². The molecule has 7 heteroatoms. The molecule has 1 aliphatic heterocycles. The van der Waals surface area contributed by atoms with Gasteiger partial charge in [0.25, 0.3) is 0 Å². The van der Waals surface area contributed by atoms with Gasteiger partial charge in [-0.2, -0.15) is 0 Å². The zero-order valence-electron chi connectivity index (χ0n) is 16.7. The highest BCUT2D eigenvalue weighted by Gasteiger charge is 2.26. The van der Waals surface area contributed by atoms with E-state index in [0.29, 0.717) is 19.6 Å². The molecule has 0 amide bonds. The summed E-state index contributed by atoms with van der Waals surface area (Å²) in [6, 6.07) is 14.9. The number of rotatable bonds is 6. The molecule has 0 radical (unpaired) electrons. The third kappa shape index (κ3) is 5.02. The molecule has 0 unspecified atom stereocenters. The van der Waals surface area contributed by atoms with Crippen molar-refractivity contribution in [2.75, 3.05) is 25.4 Å². The maximum atomic E-state index is 12.0. The molecule has 0 saturated carbocycles. The van der Waals surface area contributed by atoms with Gasteiger partial charge in [-0.25, -0.2) is 17.7 Å². The second-order valence-corrected chi connectivity index (χ2v) is 9.31. The van der Waals surface area contributed by atoms with Gasteiger partial charge in [0.05, 0.1) is 12.3 Å². The Kier molecular flexibility index (Phi) is 6.91. The SMILES string of the molecule is CCNC(=NCc1cccc2ccccc12)NC1CCN(S(=O)(=O)CC)CC1. The van der Waals surface area contributed by atoms with Crippen molar-refractivity contribution in [1.82, 2.24) is 14.9 Å². The maximum Gasteiger partial charge on any atom is 0.213 e. The monoisotopic (exact) mass is 402 g/mol. The summed E-state index contributed by atoms with van der Waals surface area (Å²) in [4.78, 5) is 4.77. The summed E-state index contributed by atoms with van der Waals surface area (Å²) in [6.45, 7) is 6.26. The van der Waals surface area contributed by atoms with Gasteiger partial charge in [-0.3, -0.25) is 0 Å². The molecule has 0 aliphatic carbocycles. The second kappa shape index (κ2) is 9.39. The Balaban J connectivity index is 1.65. The minimum atomic E-state index is -3.09. The van der Waals surface area contributed by atoms with Crippen LogP contribution in [-0.2, 0) is 16.6 Å². The maximum absolute atomic E-state index is 12.0. The molecule has 3 rings (SSSR count). The normalized spacial score (nSPS) is 17.0. The van der Waals surface area contributed by atoms with E-state index in [2.05, 4.69) is 47.0 Å². The molecule has 0 spiro atoms. The van der Waals surface area contributed by atoms with Crippen LogP contribution in [0, 0.1) is 0 Å². The quantitative estimate of drug-likeness (QED) is 0.576. The van der Waals surface area contributed by atoms with Crippen molar-refractivity contribution in [3.63, 3.8) is 0 Å². The number of sulfonamides is 1. The zero-order chi connectivity index (χ0) is 20.0. The molecule has 0 atom stereocenters. The number of hydrogen-bond donors (Lipinski definition) is 2. The summed E-state index contributed by atoms with van der Waals surface area (Å²) < 4.78 is 25.6. The van der Waals surface area contributed by atoms with Gasteiger partial charge in [-0.15, -0.1) is 0 Å². The van der Waals surface area contributed by atoms with Crippen molar-refractivity contribution < 1.29 is 8.42 Å². The highest BCUT2D eigenvalue weighted by molar-refractivity contribution is 7.89. The van der Waals surface area contributed by atoms with Gasteiger partial charge in [-0.05, 0) is 43.0 Å². The average Bonchev–Trinajstić information content (AvgIpc) is 2.72. The van der Waals surface area contributed by atoms with E-state index in [-0.39, 0.29) is 11.8 Å². The van der Waals surface area contributed by atoms with Crippen molar-refractivity contribution in [1.29, 1.82) is 0 Å². The minimum absolute atomic E-state index is 0.167. The molecule has 1 heterocycles. The highest BCUT2D eigenvalue weighted by atomic mass is 32.2. The molecule has 2 aromatic rings. The zero-order valence-corrected chi connectivity index (χ0v) is 17.5. The van der Waals surface area contributed by atoms with Crippen LogP contribution in [0.2, 0.25) is 0 Å². The van der Waals surface area contributed by atoms with E-state index in [0.717, 1.165) is 25.3 Å². The molecule has 152 valence electrons. The lowest BCUT2D eigenvalue weighted by molar-refractivity contribution is 0.306. The van der Waals surface area contributed by atoms with E-state index in [1.54, 1.807) is 11.2 Å². The minimum Gasteiger partial charge on any atom is -0.357 e. The second-order valence-electron chi connectivity index (χ2n) is 7.05. The fraction of sp³-hybridized carbons (Fsp3) is 0.476. The van der Waals surface area contributed by atoms with Crippen molar-refractivity contribution in [2.45, 2.75) is 39.3 Å². The number of nitrogens with zero attached hydrogens (tertiary/aromatic N) is 2. The Morgan fingerprint density at radius 2 is 1.82 bits per heavy atom. The Morgan fingerprint density at radius 3 is 2.54 bits per heavy atom. The predicted octanol–water partition coefficient (Wildman–Crippen LogP) is 2.71. The summed E-state index contributed by atoms with van der Waals surface area (Å²) in [5.74, 6) is 0.951. The smallest absolute Gasteiger partial charge is 0.213 e. The van der Waals surface area contributed by atoms with Crippen molar-refractivity contribution >= 4 is 26.8 Å². The van der Waals surface area contributed by atoms with Gasteiger partial charge in [0, 0.05) is 25.7 Å². The number of fused-ring (bicyclic) bond motifs is 1. The fourth-order valence-electron chi connectivity index (χ4n) is 3.57. The molecule has 2 N–H and O–H groups in total. The van der Waals surface area contributed by atoms with E-state index in [1.165, 1.54) is 16.3 Å². The lowest BCUT2D eigenvalue weighted by Crippen LogP contribution is -2.50. The third-order valence-corrected chi connectivity index (χ3v) is 7.07. The summed E-state index contributed by atoms with van der Waals surface area (Å²) in [7, 11) is -3.09. The number of nitrogens with one attached hydrogen (secondary N) is 2. The molecule has 1 aliphatic rings. The van der Waals surface area contributed by atoms with Crippen LogP contribution >= 0.6 is 0 Å². The Labute approximate surface area is 168 Å². The van der Waals surface area contributed by atoms with Crippen LogP contribution in [0.1, 0.15) is 32.3 Å². The molecule has 6 nitrogen and oxygen atoms in total. The van der Waals surface area contributed by atoms with E-state index < -0.39 is 10.0 Å². The predicted molar refractivity (Wildman–Crippen MR) is 116 cm³/mol. The van der Waals surface area contributed by atoms with Crippen LogP contribution in [-0.4, -0.2) is 50.1 Å². The Morgan fingerprint density at radius 1 is 1.11 bits per heavy atom. The summed E-state index contributed by atoms with van der Waals surface area (Å²) in [6.07, 6.45) is 1.58. The van der Waals surface area contributed by atoms with E-state index in [9.17, 15) is 8.42 Å². The van der Waals surface area contributed by atoms with Gasteiger partial charge in [0.2, 0.25) is 10.0 Å². The Hall–Kier alpha value is -2.12. The van der Waals surface area contributed by atoms with Crippen molar-refractivity contribution in [3.8, 4) is 0 Å². The summed E-state index contributed by atoms with van der Waals surface area (Å²) in [5.41, 5.74) is 1.19. The molecule has 2 aromatic carbocycles. The topological polar surface area (TPSA) is 73.8 Å². The molecular formula is C21H30N4O2S. The fourth-order valence-corrected chi connectivity index (χ4v) is 4.70. The first-order chi connectivity index (χ1) is 13.5. The molecule has 28 heavy (non-hydrogen) atoms. The third-order valence-electron chi connectivity index (χ3n) is 5.18.